The van der Waals surface area contributed by atoms with Crippen LogP contribution in [0.2, 0.25) is 0 Å². The van der Waals surface area contributed by atoms with E-state index < -0.39 is 24.4 Å². The van der Waals surface area contributed by atoms with Gasteiger partial charge < -0.3 is 35.4 Å². The number of benzene rings is 1. The van der Waals surface area contributed by atoms with E-state index >= 15 is 0 Å². The molecule has 186 valence electrons. The SMILES string of the molecule is O=[N+]([O-])c1cc(N2CCOCC2)ccc1NCCCCCCN1CC(O)C(O)C(O)C1CO. The number of hydrogen-bond donors (Lipinski definition) is 5. The third kappa shape index (κ3) is 6.75. The van der Waals surface area contributed by atoms with Crippen LogP contribution in [0, 0.1) is 10.1 Å². The second kappa shape index (κ2) is 12.4. The molecule has 2 heterocycles. The molecule has 3 rings (SSSR count). The molecule has 0 aromatic heterocycles. The number of hydrogen-bond acceptors (Lipinski definition) is 10. The average molecular weight is 469 g/mol. The first-order valence-corrected chi connectivity index (χ1v) is 11.7. The highest BCUT2D eigenvalue weighted by Gasteiger charge is 2.40. The van der Waals surface area contributed by atoms with Crippen LogP contribution in [-0.2, 0) is 4.74 Å². The number of aliphatic hydroxyl groups excluding tert-OH is 4. The summed E-state index contributed by atoms with van der Waals surface area (Å²) in [4.78, 5) is 15.1. The van der Waals surface area contributed by atoms with Crippen LogP contribution in [0.5, 0.6) is 0 Å². The Balaban J connectivity index is 1.39. The molecule has 0 saturated carbocycles. The minimum atomic E-state index is -1.24. The molecule has 0 bridgehead atoms. The molecule has 11 nitrogen and oxygen atoms in total. The van der Waals surface area contributed by atoms with Gasteiger partial charge in [-0.1, -0.05) is 12.8 Å². The number of ether oxygens (including phenoxy) is 1. The molecule has 4 unspecified atom stereocenters. The lowest BCUT2D eigenvalue weighted by molar-refractivity contribution is -0.383. The number of nitrogens with one attached hydrogen (secondary N) is 1. The Labute approximate surface area is 193 Å². The summed E-state index contributed by atoms with van der Waals surface area (Å²) in [5.74, 6) is 0. The van der Waals surface area contributed by atoms with Gasteiger partial charge in [-0.2, -0.15) is 0 Å². The predicted octanol–water partition coefficient (Wildman–Crippen LogP) is 0.163. The summed E-state index contributed by atoms with van der Waals surface area (Å²) >= 11 is 0. The van der Waals surface area contributed by atoms with E-state index in [2.05, 4.69) is 10.2 Å². The van der Waals surface area contributed by atoms with Gasteiger partial charge in [-0.05, 0) is 31.5 Å². The molecule has 0 spiro atoms. The van der Waals surface area contributed by atoms with E-state index in [1.165, 1.54) is 0 Å². The van der Waals surface area contributed by atoms with Crippen molar-refractivity contribution in [1.29, 1.82) is 0 Å². The normalized spacial score (nSPS) is 26.4. The molecule has 2 saturated heterocycles. The number of nitro benzene ring substituents is 1. The van der Waals surface area contributed by atoms with E-state index in [0.29, 0.717) is 32.0 Å². The number of nitro groups is 1. The molecule has 1 aromatic carbocycles. The van der Waals surface area contributed by atoms with Gasteiger partial charge in [0.1, 0.15) is 17.9 Å². The summed E-state index contributed by atoms with van der Waals surface area (Å²) in [6.07, 6.45) is 0.0411. The van der Waals surface area contributed by atoms with Gasteiger partial charge in [0.25, 0.3) is 5.69 Å². The quantitative estimate of drug-likeness (QED) is 0.173. The lowest BCUT2D eigenvalue weighted by Crippen LogP contribution is -2.62. The minimum absolute atomic E-state index is 0.0680. The van der Waals surface area contributed by atoms with Gasteiger partial charge in [0.15, 0.2) is 0 Å². The van der Waals surface area contributed by atoms with E-state index in [1.807, 2.05) is 11.0 Å². The van der Waals surface area contributed by atoms with Crippen LogP contribution in [0.3, 0.4) is 0 Å². The lowest BCUT2D eigenvalue weighted by Gasteiger charge is -2.43. The summed E-state index contributed by atoms with van der Waals surface area (Å²) in [6, 6.07) is 4.70. The number of morpholine rings is 1. The lowest BCUT2D eigenvalue weighted by atomic mass is 9.94. The van der Waals surface area contributed by atoms with E-state index in [-0.39, 0.29) is 23.8 Å². The van der Waals surface area contributed by atoms with Crippen molar-refractivity contribution in [2.45, 2.75) is 50.0 Å². The van der Waals surface area contributed by atoms with Crippen molar-refractivity contribution < 1.29 is 30.1 Å². The van der Waals surface area contributed by atoms with Crippen molar-refractivity contribution in [2.75, 3.05) is 62.8 Å². The molecule has 0 aliphatic carbocycles. The van der Waals surface area contributed by atoms with Gasteiger partial charge in [0, 0.05) is 37.9 Å². The van der Waals surface area contributed by atoms with Crippen molar-refractivity contribution >= 4 is 17.1 Å². The highest BCUT2D eigenvalue weighted by molar-refractivity contribution is 5.68. The number of nitrogens with zero attached hydrogens (tertiary/aromatic N) is 3. The van der Waals surface area contributed by atoms with Crippen LogP contribution >= 0.6 is 0 Å². The molecule has 0 radical (unpaired) electrons. The van der Waals surface area contributed by atoms with Crippen LogP contribution in [0.1, 0.15) is 25.7 Å². The number of piperidine rings is 1. The van der Waals surface area contributed by atoms with Gasteiger partial charge in [0.2, 0.25) is 0 Å². The second-order valence-corrected chi connectivity index (χ2v) is 8.69. The Bertz CT molecular complexity index is 762. The average Bonchev–Trinajstić information content (AvgIpc) is 2.82. The Morgan fingerprint density at radius 2 is 1.82 bits per heavy atom. The largest absolute Gasteiger partial charge is 0.395 e. The summed E-state index contributed by atoms with van der Waals surface area (Å²) in [6.45, 7) is 3.84. The number of likely N-dealkylation sites (tertiary alicyclic amines) is 1. The van der Waals surface area contributed by atoms with Gasteiger partial charge in [-0.15, -0.1) is 0 Å². The van der Waals surface area contributed by atoms with Gasteiger partial charge in [-0.25, -0.2) is 0 Å². The maximum atomic E-state index is 11.5. The number of unbranched alkanes of at least 4 members (excludes halogenated alkanes) is 3. The molecule has 33 heavy (non-hydrogen) atoms. The Kier molecular flexibility index (Phi) is 9.65. The van der Waals surface area contributed by atoms with Crippen molar-refractivity contribution in [3.63, 3.8) is 0 Å². The molecule has 4 atom stereocenters. The zero-order valence-electron chi connectivity index (χ0n) is 18.9. The highest BCUT2D eigenvalue weighted by atomic mass is 16.6. The molecule has 2 aliphatic rings. The van der Waals surface area contributed by atoms with Gasteiger partial charge in [-0.3, -0.25) is 15.0 Å². The Hall–Kier alpha value is -2.02. The molecule has 2 aliphatic heterocycles. The number of aliphatic hydroxyl groups is 4. The number of β-amino-alcohol motifs (C(OH)–C–C–N with tert-alkyl or cyclic N) is 1. The maximum absolute atomic E-state index is 11.5. The molecule has 2 fully saturated rings. The molecule has 1 aromatic rings. The van der Waals surface area contributed by atoms with E-state index in [4.69, 9.17) is 4.74 Å². The zero-order valence-corrected chi connectivity index (χ0v) is 18.9. The van der Waals surface area contributed by atoms with Crippen molar-refractivity contribution in [1.82, 2.24) is 4.90 Å². The number of anilines is 2. The van der Waals surface area contributed by atoms with E-state index in [9.17, 15) is 30.5 Å². The molecule has 5 N–H and O–H groups in total. The fourth-order valence-electron chi connectivity index (χ4n) is 4.49. The van der Waals surface area contributed by atoms with Crippen LogP contribution in [0.4, 0.5) is 17.1 Å². The predicted molar refractivity (Wildman–Crippen MR) is 124 cm³/mol. The van der Waals surface area contributed by atoms with E-state index in [1.54, 1.807) is 12.1 Å². The van der Waals surface area contributed by atoms with Crippen LogP contribution in [-0.4, -0.2) is 107 Å². The van der Waals surface area contributed by atoms with Crippen LogP contribution in [0.25, 0.3) is 0 Å². The van der Waals surface area contributed by atoms with Crippen LogP contribution in [0.15, 0.2) is 18.2 Å². The molecule has 0 amide bonds. The molecular formula is C22H36N4O7. The monoisotopic (exact) mass is 468 g/mol. The van der Waals surface area contributed by atoms with Crippen molar-refractivity contribution in [3.05, 3.63) is 28.3 Å². The maximum Gasteiger partial charge on any atom is 0.294 e. The highest BCUT2D eigenvalue weighted by Crippen LogP contribution is 2.30. The molecular weight excluding hydrogens is 432 g/mol. The smallest absolute Gasteiger partial charge is 0.294 e. The summed E-state index contributed by atoms with van der Waals surface area (Å²) in [7, 11) is 0. The number of rotatable bonds is 11. The third-order valence-corrected chi connectivity index (χ3v) is 6.46. The van der Waals surface area contributed by atoms with E-state index in [0.717, 1.165) is 44.5 Å². The third-order valence-electron chi connectivity index (χ3n) is 6.46. The fraction of sp³-hybridized carbons (Fsp3) is 0.727. The standard InChI is InChI=1S/C22H36N4O7/c27-15-19-21(29)22(30)20(28)14-25(19)8-4-2-1-3-7-23-17-6-5-16(13-18(17)26(31)32)24-9-11-33-12-10-24/h5-6,13,19-23,27-30H,1-4,7-12,14-15H2. The van der Waals surface area contributed by atoms with Gasteiger partial charge >= 0.3 is 0 Å². The molecule has 11 heteroatoms. The second-order valence-electron chi connectivity index (χ2n) is 8.69. The summed E-state index contributed by atoms with van der Waals surface area (Å²) in [5, 5.41) is 53.9. The van der Waals surface area contributed by atoms with Crippen LogP contribution < -0.4 is 10.2 Å². The Morgan fingerprint density at radius 1 is 1.09 bits per heavy atom. The summed E-state index contributed by atoms with van der Waals surface area (Å²) in [5.41, 5.74) is 1.41. The fourth-order valence-corrected chi connectivity index (χ4v) is 4.49. The van der Waals surface area contributed by atoms with Gasteiger partial charge in [0.05, 0.1) is 36.9 Å². The summed E-state index contributed by atoms with van der Waals surface area (Å²) < 4.78 is 5.34. The first-order valence-electron chi connectivity index (χ1n) is 11.7. The van der Waals surface area contributed by atoms with Crippen molar-refractivity contribution in [3.8, 4) is 0 Å². The topological polar surface area (TPSA) is 152 Å². The first-order chi connectivity index (χ1) is 15.9. The first kappa shape index (κ1) is 25.6. The Morgan fingerprint density at radius 3 is 2.52 bits per heavy atom. The minimum Gasteiger partial charge on any atom is -0.395 e. The zero-order chi connectivity index (χ0) is 23.8. The van der Waals surface area contributed by atoms with Crippen molar-refractivity contribution in [2.24, 2.45) is 0 Å².